The molecule has 16 heavy (non-hydrogen) atoms. The lowest BCUT2D eigenvalue weighted by Gasteiger charge is -2.01. The normalized spacial score (nSPS) is 11.2. The smallest absolute Gasteiger partial charge is 0.227 e. The summed E-state index contributed by atoms with van der Waals surface area (Å²) in [5.74, 6) is -0.416. The summed E-state index contributed by atoms with van der Waals surface area (Å²) in [7, 11) is -3.68. The predicted octanol–water partition coefficient (Wildman–Crippen LogP) is 1.81. The van der Waals surface area contributed by atoms with Crippen molar-refractivity contribution in [2.24, 2.45) is 0 Å². The van der Waals surface area contributed by atoms with Gasteiger partial charge in [0.15, 0.2) is 0 Å². The zero-order valence-electron chi connectivity index (χ0n) is 8.52. The van der Waals surface area contributed by atoms with Gasteiger partial charge in [0.05, 0.1) is 5.75 Å². The first-order valence-electron chi connectivity index (χ1n) is 4.44. The summed E-state index contributed by atoms with van der Waals surface area (Å²) in [6, 6.07) is 1.48. The van der Waals surface area contributed by atoms with Crippen LogP contribution in [-0.2, 0) is 9.84 Å². The summed E-state index contributed by atoms with van der Waals surface area (Å²) in [6.45, 7) is 1.19. The number of allylic oxidation sites excluding steroid dienone is 1. The van der Waals surface area contributed by atoms with Crippen molar-refractivity contribution in [1.82, 2.24) is 9.97 Å². The van der Waals surface area contributed by atoms with Gasteiger partial charge in [0.25, 0.3) is 6.08 Å². The molecule has 0 N–H and O–H groups in total. The molecule has 0 radical (unpaired) electrons. The van der Waals surface area contributed by atoms with Gasteiger partial charge in [-0.1, -0.05) is 0 Å². The maximum absolute atomic E-state index is 12.1. The first-order chi connectivity index (χ1) is 7.43. The van der Waals surface area contributed by atoms with Crippen molar-refractivity contribution in [3.8, 4) is 0 Å². The zero-order valence-corrected chi connectivity index (χ0v) is 9.34. The van der Waals surface area contributed by atoms with E-state index in [2.05, 4.69) is 9.97 Å². The molecule has 1 rings (SSSR count). The molecule has 1 aromatic heterocycles. The molecule has 0 fully saturated rings. The number of nitrogens with zero attached hydrogens (tertiary/aromatic N) is 2. The number of hydrogen-bond donors (Lipinski definition) is 0. The third kappa shape index (κ3) is 3.34. The highest BCUT2D eigenvalue weighted by atomic mass is 32.2. The Morgan fingerprint density at radius 1 is 1.31 bits per heavy atom. The van der Waals surface area contributed by atoms with Gasteiger partial charge < -0.3 is 0 Å². The third-order valence-corrected chi connectivity index (χ3v) is 3.40. The van der Waals surface area contributed by atoms with E-state index in [1.165, 1.54) is 25.4 Å². The van der Waals surface area contributed by atoms with E-state index in [1.807, 2.05) is 0 Å². The van der Waals surface area contributed by atoms with E-state index in [-0.39, 0.29) is 17.2 Å². The second-order valence-electron chi connectivity index (χ2n) is 3.14. The molecule has 0 aliphatic carbocycles. The lowest BCUT2D eigenvalue weighted by molar-refractivity contribution is 0.409. The van der Waals surface area contributed by atoms with Crippen LogP contribution in [0, 0.1) is 0 Å². The fraction of sp³-hybridized carbons (Fsp3) is 0.333. The molecular formula is C9H10F2N2O2S. The largest absolute Gasteiger partial charge is 0.269 e. The highest BCUT2D eigenvalue weighted by Gasteiger charge is 2.17. The van der Waals surface area contributed by atoms with Crippen molar-refractivity contribution in [3.05, 3.63) is 30.1 Å². The molecule has 0 aliphatic rings. The third-order valence-electron chi connectivity index (χ3n) is 1.89. The molecule has 0 unspecified atom stereocenters. The highest BCUT2D eigenvalue weighted by Crippen LogP contribution is 2.14. The van der Waals surface area contributed by atoms with Crippen LogP contribution in [0.25, 0.3) is 0 Å². The molecule has 0 bridgehead atoms. The van der Waals surface area contributed by atoms with E-state index >= 15 is 0 Å². The average molecular weight is 248 g/mol. The van der Waals surface area contributed by atoms with Crippen molar-refractivity contribution in [1.29, 1.82) is 0 Å². The molecule has 1 aromatic rings. The minimum Gasteiger partial charge on any atom is -0.227 e. The van der Waals surface area contributed by atoms with Crippen molar-refractivity contribution in [3.63, 3.8) is 0 Å². The Morgan fingerprint density at radius 2 is 1.88 bits per heavy atom. The summed E-state index contributed by atoms with van der Waals surface area (Å²) in [6.07, 6.45) is 0.517. The fourth-order valence-electron chi connectivity index (χ4n) is 0.919. The van der Waals surface area contributed by atoms with Gasteiger partial charge in [-0.25, -0.2) is 18.4 Å². The molecule has 4 nitrogen and oxygen atoms in total. The molecule has 0 amide bonds. The Hall–Kier alpha value is -1.37. The van der Waals surface area contributed by atoms with Crippen LogP contribution in [0.1, 0.15) is 13.3 Å². The molecule has 7 heteroatoms. The van der Waals surface area contributed by atoms with Crippen LogP contribution in [0.4, 0.5) is 8.78 Å². The highest BCUT2D eigenvalue weighted by molar-refractivity contribution is 7.91. The van der Waals surface area contributed by atoms with Crippen LogP contribution >= 0.6 is 0 Å². The van der Waals surface area contributed by atoms with E-state index in [9.17, 15) is 17.2 Å². The van der Waals surface area contributed by atoms with Gasteiger partial charge >= 0.3 is 0 Å². The lowest BCUT2D eigenvalue weighted by Crippen LogP contribution is -2.10. The summed E-state index contributed by atoms with van der Waals surface area (Å²) in [4.78, 5) is 7.14. The Kier molecular flexibility index (Phi) is 4.05. The summed E-state index contributed by atoms with van der Waals surface area (Å²) in [5.41, 5.74) is -0.237. The lowest BCUT2D eigenvalue weighted by atomic mass is 10.3. The molecule has 0 aliphatic heterocycles. The van der Waals surface area contributed by atoms with Crippen LogP contribution in [0.2, 0.25) is 0 Å². The molecule has 0 saturated heterocycles. The van der Waals surface area contributed by atoms with Crippen LogP contribution in [0.15, 0.2) is 35.3 Å². The van der Waals surface area contributed by atoms with Crippen molar-refractivity contribution < 1.29 is 17.2 Å². The van der Waals surface area contributed by atoms with Crippen molar-refractivity contribution in [2.75, 3.05) is 5.75 Å². The number of hydrogen-bond acceptors (Lipinski definition) is 4. The van der Waals surface area contributed by atoms with Crippen LogP contribution in [0.3, 0.4) is 0 Å². The fourth-order valence-corrected chi connectivity index (χ4v) is 2.12. The van der Waals surface area contributed by atoms with Gasteiger partial charge in [0.1, 0.15) is 0 Å². The molecule has 0 aromatic carbocycles. The van der Waals surface area contributed by atoms with E-state index < -0.39 is 21.7 Å². The quantitative estimate of drug-likeness (QED) is 0.762. The molecule has 88 valence electrons. The minimum absolute atomic E-state index is 0.219. The van der Waals surface area contributed by atoms with Gasteiger partial charge in [-0.2, -0.15) is 8.78 Å². The number of aromatic nitrogens is 2. The Labute approximate surface area is 92.0 Å². The van der Waals surface area contributed by atoms with Crippen LogP contribution in [-0.4, -0.2) is 24.1 Å². The number of rotatable bonds is 4. The molecule has 0 atom stereocenters. The van der Waals surface area contributed by atoms with E-state index in [0.717, 1.165) is 0 Å². The van der Waals surface area contributed by atoms with Gasteiger partial charge in [-0.05, 0) is 25.0 Å². The van der Waals surface area contributed by atoms with E-state index in [4.69, 9.17) is 0 Å². The molecular weight excluding hydrogens is 238 g/mol. The monoisotopic (exact) mass is 248 g/mol. The van der Waals surface area contributed by atoms with Gasteiger partial charge in [0, 0.05) is 12.4 Å². The predicted molar refractivity (Wildman–Crippen MR) is 53.6 cm³/mol. The maximum Gasteiger partial charge on any atom is 0.269 e. The Bertz CT molecular complexity index is 481. The Balaban J connectivity index is 2.79. The van der Waals surface area contributed by atoms with Crippen molar-refractivity contribution >= 4 is 9.84 Å². The molecule has 0 saturated carbocycles. The maximum atomic E-state index is 12.1. The number of sulfone groups is 1. The standard InChI is InChI=1S/C9H10F2N2O2S/c1-7(8(10)11)3-6-16(14,15)9-12-4-2-5-13-9/h2,4-5H,3,6H2,1H3. The summed E-state index contributed by atoms with van der Waals surface area (Å²) in [5, 5.41) is -0.331. The first-order valence-corrected chi connectivity index (χ1v) is 6.09. The van der Waals surface area contributed by atoms with Crippen LogP contribution < -0.4 is 0 Å². The first kappa shape index (κ1) is 12.7. The summed E-state index contributed by atoms with van der Waals surface area (Å²) < 4.78 is 47.3. The zero-order chi connectivity index (χ0) is 12.2. The SMILES string of the molecule is CC(CCS(=O)(=O)c1ncccn1)=C(F)F. The van der Waals surface area contributed by atoms with E-state index in [0.29, 0.717) is 0 Å². The average Bonchev–Trinajstić information content (AvgIpc) is 2.27. The topological polar surface area (TPSA) is 59.9 Å². The molecule has 1 heterocycles. The Morgan fingerprint density at radius 3 is 2.38 bits per heavy atom. The summed E-state index contributed by atoms with van der Waals surface area (Å²) >= 11 is 0. The van der Waals surface area contributed by atoms with Gasteiger partial charge in [-0.3, -0.25) is 0 Å². The minimum atomic E-state index is -3.68. The second-order valence-corrected chi connectivity index (χ2v) is 5.14. The molecule has 0 spiro atoms. The number of halogens is 2. The van der Waals surface area contributed by atoms with Crippen molar-refractivity contribution in [2.45, 2.75) is 18.5 Å². The van der Waals surface area contributed by atoms with Gasteiger partial charge in [0.2, 0.25) is 15.0 Å². The van der Waals surface area contributed by atoms with Crippen LogP contribution in [0.5, 0.6) is 0 Å². The van der Waals surface area contributed by atoms with Gasteiger partial charge in [-0.15, -0.1) is 0 Å². The van der Waals surface area contributed by atoms with E-state index in [1.54, 1.807) is 0 Å². The second kappa shape index (κ2) is 5.11.